The van der Waals surface area contributed by atoms with E-state index < -0.39 is 6.04 Å². The first-order valence-corrected chi connectivity index (χ1v) is 10.1. The number of rotatable bonds is 7. The lowest BCUT2D eigenvalue weighted by atomic mass is 9.83. The highest BCUT2D eigenvalue weighted by molar-refractivity contribution is 5.97. The Balaban J connectivity index is 1.76. The largest absolute Gasteiger partial charge is 0.350 e. The van der Waals surface area contributed by atoms with Crippen LogP contribution < -0.4 is 16.4 Å². The minimum Gasteiger partial charge on any atom is -0.350 e. The quantitative estimate of drug-likeness (QED) is 0.691. The molecular formula is C23H29N3O2. The fraction of sp³-hybridized carbons (Fsp3) is 0.391. The second-order valence-corrected chi connectivity index (χ2v) is 7.43. The van der Waals surface area contributed by atoms with Crippen LogP contribution in [0.25, 0.3) is 0 Å². The zero-order valence-electron chi connectivity index (χ0n) is 16.1. The predicted octanol–water partition coefficient (Wildman–Crippen LogP) is 3.18. The van der Waals surface area contributed by atoms with Crippen molar-refractivity contribution in [3.63, 3.8) is 0 Å². The van der Waals surface area contributed by atoms with Crippen LogP contribution in [0.15, 0.2) is 60.7 Å². The maximum Gasteiger partial charge on any atom is 0.252 e. The Hall–Kier alpha value is -2.66. The van der Waals surface area contributed by atoms with Crippen molar-refractivity contribution in [3.05, 3.63) is 71.8 Å². The Bertz CT molecular complexity index is 758. The van der Waals surface area contributed by atoms with Crippen LogP contribution in [0.1, 0.15) is 54.1 Å². The van der Waals surface area contributed by atoms with Crippen molar-refractivity contribution >= 4 is 11.8 Å². The van der Waals surface area contributed by atoms with Gasteiger partial charge in [-0.15, -0.1) is 0 Å². The summed E-state index contributed by atoms with van der Waals surface area (Å²) in [6, 6.07) is 17.5. The molecule has 1 fully saturated rings. The van der Waals surface area contributed by atoms with Crippen LogP contribution in [0.2, 0.25) is 0 Å². The fourth-order valence-electron chi connectivity index (χ4n) is 3.92. The van der Waals surface area contributed by atoms with Crippen LogP contribution in [0, 0.1) is 5.92 Å². The summed E-state index contributed by atoms with van der Waals surface area (Å²) in [4.78, 5) is 25.8. The fourth-order valence-corrected chi connectivity index (χ4v) is 3.92. The predicted molar refractivity (Wildman–Crippen MR) is 111 cm³/mol. The Morgan fingerprint density at radius 1 is 0.893 bits per heavy atom. The number of hydrogen-bond acceptors (Lipinski definition) is 3. The summed E-state index contributed by atoms with van der Waals surface area (Å²) in [5.41, 5.74) is 7.26. The van der Waals surface area contributed by atoms with Crippen molar-refractivity contribution in [3.8, 4) is 0 Å². The zero-order valence-corrected chi connectivity index (χ0v) is 16.1. The van der Waals surface area contributed by atoms with E-state index in [0.717, 1.165) is 18.4 Å². The Morgan fingerprint density at radius 3 is 2.11 bits per heavy atom. The lowest BCUT2D eigenvalue weighted by Gasteiger charge is -2.31. The van der Waals surface area contributed by atoms with Gasteiger partial charge in [0.2, 0.25) is 5.91 Å². The minimum absolute atomic E-state index is 0.0624. The first kappa shape index (κ1) is 20.1. The Kier molecular flexibility index (Phi) is 7.20. The van der Waals surface area contributed by atoms with Gasteiger partial charge in [0.25, 0.3) is 5.91 Å². The molecule has 2 aromatic rings. The molecule has 0 saturated heterocycles. The molecule has 0 aromatic heterocycles. The number of hydrogen-bond donors (Lipinski definition) is 3. The van der Waals surface area contributed by atoms with E-state index in [1.54, 1.807) is 24.3 Å². The summed E-state index contributed by atoms with van der Waals surface area (Å²) in [6.07, 6.45) is 5.80. The van der Waals surface area contributed by atoms with Gasteiger partial charge < -0.3 is 16.4 Å². The molecule has 0 heterocycles. The Morgan fingerprint density at radius 2 is 1.50 bits per heavy atom. The summed E-state index contributed by atoms with van der Waals surface area (Å²) in [5.74, 6) is -0.0768. The molecule has 0 aliphatic heterocycles. The van der Waals surface area contributed by atoms with Crippen LogP contribution >= 0.6 is 0 Å². The van der Waals surface area contributed by atoms with Gasteiger partial charge in [-0.05, 0) is 36.5 Å². The van der Waals surface area contributed by atoms with Gasteiger partial charge >= 0.3 is 0 Å². The van der Waals surface area contributed by atoms with Crippen molar-refractivity contribution in [2.24, 2.45) is 11.7 Å². The lowest BCUT2D eigenvalue weighted by molar-refractivity contribution is -0.124. The molecule has 1 aliphatic rings. The van der Waals surface area contributed by atoms with Gasteiger partial charge in [0.15, 0.2) is 0 Å². The first-order chi connectivity index (χ1) is 13.7. The van der Waals surface area contributed by atoms with E-state index in [2.05, 4.69) is 10.6 Å². The van der Waals surface area contributed by atoms with E-state index in [0.29, 0.717) is 18.0 Å². The highest BCUT2D eigenvalue weighted by atomic mass is 16.2. The van der Waals surface area contributed by atoms with Crippen molar-refractivity contribution < 1.29 is 9.59 Å². The molecule has 0 spiro atoms. The van der Waals surface area contributed by atoms with E-state index in [4.69, 9.17) is 5.73 Å². The van der Waals surface area contributed by atoms with Gasteiger partial charge in [-0.25, -0.2) is 0 Å². The summed E-state index contributed by atoms with van der Waals surface area (Å²) < 4.78 is 0. The number of carbonyl (C=O) groups excluding carboxylic acids is 2. The molecule has 1 saturated carbocycles. The van der Waals surface area contributed by atoms with Crippen LogP contribution in [0.4, 0.5) is 0 Å². The van der Waals surface area contributed by atoms with Crippen LogP contribution in [0.5, 0.6) is 0 Å². The standard InChI is InChI=1S/C23H29N3O2/c24-16-20(17-10-4-1-5-11-17)25-23(28)21(18-12-6-2-7-13-18)26-22(27)19-14-8-3-9-15-19/h2-3,6-9,12-15,17,20-21H,1,4-5,10-11,16,24H2,(H,25,28)(H,26,27). The first-order valence-electron chi connectivity index (χ1n) is 10.1. The summed E-state index contributed by atoms with van der Waals surface area (Å²) in [5, 5.41) is 6.00. The second kappa shape index (κ2) is 10.0. The lowest BCUT2D eigenvalue weighted by Crippen LogP contribution is -2.50. The van der Waals surface area contributed by atoms with Gasteiger partial charge in [0.1, 0.15) is 6.04 Å². The van der Waals surface area contributed by atoms with Gasteiger partial charge in [-0.3, -0.25) is 9.59 Å². The number of amides is 2. The Labute approximate surface area is 166 Å². The number of nitrogens with one attached hydrogen (secondary N) is 2. The van der Waals surface area contributed by atoms with Crippen molar-refractivity contribution in [2.75, 3.05) is 6.54 Å². The molecule has 3 rings (SSSR count). The van der Waals surface area contributed by atoms with E-state index in [-0.39, 0.29) is 17.9 Å². The topological polar surface area (TPSA) is 84.2 Å². The molecule has 5 nitrogen and oxygen atoms in total. The number of carbonyl (C=O) groups is 2. The smallest absolute Gasteiger partial charge is 0.252 e. The molecule has 0 bridgehead atoms. The molecule has 2 aromatic carbocycles. The number of benzene rings is 2. The molecule has 0 radical (unpaired) electrons. The molecule has 2 unspecified atom stereocenters. The highest BCUT2D eigenvalue weighted by Crippen LogP contribution is 2.26. The molecule has 5 heteroatoms. The average molecular weight is 380 g/mol. The van der Waals surface area contributed by atoms with E-state index >= 15 is 0 Å². The molecule has 28 heavy (non-hydrogen) atoms. The van der Waals surface area contributed by atoms with Gasteiger partial charge in [-0.2, -0.15) is 0 Å². The van der Waals surface area contributed by atoms with Crippen molar-refractivity contribution in [1.82, 2.24) is 10.6 Å². The van der Waals surface area contributed by atoms with Gasteiger partial charge in [0.05, 0.1) is 0 Å². The molecular weight excluding hydrogens is 350 g/mol. The van der Waals surface area contributed by atoms with Crippen molar-refractivity contribution in [1.29, 1.82) is 0 Å². The monoisotopic (exact) mass is 379 g/mol. The molecule has 4 N–H and O–H groups in total. The van der Waals surface area contributed by atoms with Crippen LogP contribution in [-0.2, 0) is 4.79 Å². The third-order valence-electron chi connectivity index (χ3n) is 5.51. The molecule has 2 atom stereocenters. The third-order valence-corrected chi connectivity index (χ3v) is 5.51. The SMILES string of the molecule is NCC(NC(=O)C(NC(=O)c1ccccc1)c1ccccc1)C1CCCCC1. The normalized spacial score (nSPS) is 16.8. The summed E-state index contributed by atoms with van der Waals surface area (Å²) in [7, 11) is 0. The van der Waals surface area contributed by atoms with Crippen LogP contribution in [0.3, 0.4) is 0 Å². The molecule has 1 aliphatic carbocycles. The van der Waals surface area contributed by atoms with Gasteiger partial charge in [0, 0.05) is 18.2 Å². The summed E-state index contributed by atoms with van der Waals surface area (Å²) in [6.45, 7) is 0.407. The van der Waals surface area contributed by atoms with Gasteiger partial charge in [-0.1, -0.05) is 67.8 Å². The van der Waals surface area contributed by atoms with Crippen LogP contribution in [-0.4, -0.2) is 24.4 Å². The van der Waals surface area contributed by atoms with E-state index in [1.807, 2.05) is 36.4 Å². The van der Waals surface area contributed by atoms with E-state index in [9.17, 15) is 9.59 Å². The zero-order chi connectivity index (χ0) is 19.8. The highest BCUT2D eigenvalue weighted by Gasteiger charge is 2.29. The maximum atomic E-state index is 13.1. The number of nitrogens with two attached hydrogens (primary N) is 1. The maximum absolute atomic E-state index is 13.1. The minimum atomic E-state index is -0.758. The second-order valence-electron chi connectivity index (χ2n) is 7.43. The van der Waals surface area contributed by atoms with Crippen molar-refractivity contribution in [2.45, 2.75) is 44.2 Å². The summed E-state index contributed by atoms with van der Waals surface area (Å²) >= 11 is 0. The third kappa shape index (κ3) is 5.20. The molecule has 2 amide bonds. The van der Waals surface area contributed by atoms with E-state index in [1.165, 1.54) is 19.3 Å². The molecule has 148 valence electrons. The average Bonchev–Trinajstić information content (AvgIpc) is 2.77.